The van der Waals surface area contributed by atoms with Gasteiger partial charge in [-0.25, -0.2) is 13.1 Å². The number of nitrogens with one attached hydrogen (secondary N) is 1. The van der Waals surface area contributed by atoms with Gasteiger partial charge < -0.3 is 0 Å². The van der Waals surface area contributed by atoms with E-state index in [-0.39, 0.29) is 5.54 Å². The van der Waals surface area contributed by atoms with E-state index in [1.807, 2.05) is 0 Å². The summed E-state index contributed by atoms with van der Waals surface area (Å²) in [6.07, 6.45) is 4.04. The Hall–Kier alpha value is 0.570. The highest BCUT2D eigenvalue weighted by atomic mass is 79.9. The predicted octanol–water partition coefficient (Wildman–Crippen LogP) is 4.13. The third-order valence-electron chi connectivity index (χ3n) is 3.51. The van der Waals surface area contributed by atoms with Crippen LogP contribution in [0.25, 0.3) is 0 Å². The van der Waals surface area contributed by atoms with E-state index in [4.69, 9.17) is 0 Å². The Labute approximate surface area is 135 Å². The van der Waals surface area contributed by atoms with E-state index in [0.29, 0.717) is 15.5 Å². The van der Waals surface area contributed by atoms with Gasteiger partial charge in [0.25, 0.3) is 10.0 Å². The average Bonchev–Trinajstić information content (AvgIpc) is 2.76. The molecule has 1 saturated carbocycles. The molecule has 0 aromatic carbocycles. The Morgan fingerprint density at radius 2 is 2.26 bits per heavy atom. The van der Waals surface area contributed by atoms with Gasteiger partial charge in [-0.1, -0.05) is 35.7 Å². The summed E-state index contributed by atoms with van der Waals surface area (Å²) in [5.74, 6) is 0.559. The molecule has 108 valence electrons. The molecule has 1 N–H and O–H groups in total. The van der Waals surface area contributed by atoms with Gasteiger partial charge in [0, 0.05) is 10.9 Å². The first-order valence-electron chi connectivity index (χ1n) is 6.22. The summed E-state index contributed by atoms with van der Waals surface area (Å²) in [4.78, 5) is 0. The highest BCUT2D eigenvalue weighted by Gasteiger charge is 2.38. The number of halogens is 2. The molecule has 0 aliphatic heterocycles. The van der Waals surface area contributed by atoms with Crippen LogP contribution in [-0.2, 0) is 10.0 Å². The highest BCUT2D eigenvalue weighted by molar-refractivity contribution is 9.11. The Balaban J connectivity index is 2.22. The summed E-state index contributed by atoms with van der Waals surface area (Å²) in [6, 6.07) is 3.41. The minimum Gasteiger partial charge on any atom is -0.206 e. The summed E-state index contributed by atoms with van der Waals surface area (Å²) in [6.45, 7) is 2.19. The van der Waals surface area contributed by atoms with Crippen LogP contribution in [0.15, 0.2) is 20.1 Å². The second kappa shape index (κ2) is 6.13. The fraction of sp³-hybridized carbons (Fsp3) is 0.667. The molecule has 1 heterocycles. The van der Waals surface area contributed by atoms with Gasteiger partial charge in [0.2, 0.25) is 0 Å². The van der Waals surface area contributed by atoms with Crippen molar-refractivity contribution in [2.24, 2.45) is 5.92 Å². The molecule has 1 aliphatic carbocycles. The summed E-state index contributed by atoms with van der Waals surface area (Å²) in [7, 11) is -3.42. The molecule has 1 fully saturated rings. The summed E-state index contributed by atoms with van der Waals surface area (Å²) >= 11 is 8.04. The molecule has 0 spiro atoms. The lowest BCUT2D eigenvalue weighted by atomic mass is 9.78. The van der Waals surface area contributed by atoms with E-state index < -0.39 is 10.0 Å². The number of rotatable bonds is 4. The monoisotopic (exact) mass is 429 g/mol. The van der Waals surface area contributed by atoms with Crippen LogP contribution < -0.4 is 4.72 Å². The second-order valence-corrected chi connectivity index (χ2v) is 10.2. The first-order valence-corrected chi connectivity index (χ1v) is 10.4. The quantitative estimate of drug-likeness (QED) is 0.729. The molecular formula is C12H17Br2NO2S2. The van der Waals surface area contributed by atoms with Gasteiger partial charge in [0.1, 0.15) is 4.21 Å². The van der Waals surface area contributed by atoms with Crippen LogP contribution >= 0.6 is 43.2 Å². The normalized spacial score (nSPS) is 28.5. The van der Waals surface area contributed by atoms with Crippen LogP contribution in [0.3, 0.4) is 0 Å². The van der Waals surface area contributed by atoms with Gasteiger partial charge in [-0.3, -0.25) is 0 Å². The number of hydrogen-bond donors (Lipinski definition) is 1. The zero-order valence-electron chi connectivity index (χ0n) is 10.7. The number of sulfonamides is 1. The largest absolute Gasteiger partial charge is 0.250 e. The van der Waals surface area contributed by atoms with Crippen molar-refractivity contribution in [1.29, 1.82) is 0 Å². The molecule has 7 heteroatoms. The zero-order valence-corrected chi connectivity index (χ0v) is 15.5. The summed E-state index contributed by atoms with van der Waals surface area (Å²) in [5, 5.41) is 0.663. The maximum Gasteiger partial charge on any atom is 0.250 e. The molecule has 0 bridgehead atoms. The minimum atomic E-state index is -3.42. The van der Waals surface area contributed by atoms with Crippen LogP contribution in [-0.4, -0.2) is 19.3 Å². The van der Waals surface area contributed by atoms with E-state index in [1.165, 1.54) is 17.8 Å². The minimum absolute atomic E-state index is 0.340. The standard InChI is InChI=1S/C12H17Br2NO2S2/c1-9-3-2-6-12(7-9,8-13)15-19(16,17)11-5-4-10(14)18-11/h4-5,9,15H,2-3,6-8H2,1H3. The van der Waals surface area contributed by atoms with Gasteiger partial charge >= 0.3 is 0 Å². The van der Waals surface area contributed by atoms with Crippen LogP contribution in [0.1, 0.15) is 32.6 Å². The van der Waals surface area contributed by atoms with E-state index >= 15 is 0 Å². The van der Waals surface area contributed by atoms with Gasteiger partial charge in [-0.2, -0.15) is 0 Å². The first-order chi connectivity index (χ1) is 8.87. The Bertz CT molecular complexity index is 544. The number of alkyl halides is 1. The van der Waals surface area contributed by atoms with Crippen LogP contribution in [0, 0.1) is 5.92 Å². The van der Waals surface area contributed by atoms with E-state index in [2.05, 4.69) is 43.5 Å². The maximum absolute atomic E-state index is 12.4. The molecule has 2 unspecified atom stereocenters. The molecule has 1 aromatic heterocycles. The Kier molecular flexibility index (Phi) is 5.15. The summed E-state index contributed by atoms with van der Waals surface area (Å²) in [5.41, 5.74) is -0.340. The highest BCUT2D eigenvalue weighted by Crippen LogP contribution is 2.36. The SMILES string of the molecule is CC1CCCC(CBr)(NS(=O)(=O)c2ccc(Br)s2)C1. The Morgan fingerprint density at radius 3 is 2.79 bits per heavy atom. The smallest absolute Gasteiger partial charge is 0.206 e. The fourth-order valence-electron chi connectivity index (χ4n) is 2.68. The molecule has 2 atom stereocenters. The molecule has 0 saturated heterocycles. The number of thiophene rings is 1. The van der Waals surface area contributed by atoms with Crippen molar-refractivity contribution in [3.63, 3.8) is 0 Å². The van der Waals surface area contributed by atoms with Gasteiger partial charge in [0.15, 0.2) is 0 Å². The maximum atomic E-state index is 12.4. The second-order valence-electron chi connectivity index (χ2n) is 5.28. The topological polar surface area (TPSA) is 46.2 Å². The van der Waals surface area contributed by atoms with Crippen molar-refractivity contribution in [3.05, 3.63) is 15.9 Å². The lowest BCUT2D eigenvalue weighted by Gasteiger charge is -2.39. The van der Waals surface area contributed by atoms with Crippen molar-refractivity contribution in [2.45, 2.75) is 42.4 Å². The molecule has 1 aromatic rings. The van der Waals surface area contributed by atoms with E-state index in [0.717, 1.165) is 23.0 Å². The van der Waals surface area contributed by atoms with Crippen molar-refractivity contribution < 1.29 is 8.42 Å². The first kappa shape index (κ1) is 15.9. The van der Waals surface area contributed by atoms with Gasteiger partial charge in [-0.05, 0) is 46.8 Å². The number of hydrogen-bond acceptors (Lipinski definition) is 3. The third kappa shape index (κ3) is 3.81. The average molecular weight is 431 g/mol. The van der Waals surface area contributed by atoms with E-state index in [1.54, 1.807) is 12.1 Å². The zero-order chi connectivity index (χ0) is 14.1. The van der Waals surface area contributed by atoms with E-state index in [9.17, 15) is 8.42 Å². The van der Waals surface area contributed by atoms with Crippen LogP contribution in [0.4, 0.5) is 0 Å². The lowest BCUT2D eigenvalue weighted by Crippen LogP contribution is -2.52. The third-order valence-corrected chi connectivity index (χ3v) is 8.28. The summed E-state index contributed by atoms with van der Waals surface area (Å²) < 4.78 is 29.0. The van der Waals surface area contributed by atoms with Crippen molar-refractivity contribution in [3.8, 4) is 0 Å². The van der Waals surface area contributed by atoms with Gasteiger partial charge in [0.05, 0.1) is 3.79 Å². The molecular weight excluding hydrogens is 414 g/mol. The lowest BCUT2D eigenvalue weighted by molar-refractivity contribution is 0.242. The predicted molar refractivity (Wildman–Crippen MR) is 86.5 cm³/mol. The van der Waals surface area contributed by atoms with Gasteiger partial charge in [-0.15, -0.1) is 11.3 Å². The van der Waals surface area contributed by atoms with Crippen molar-refractivity contribution in [1.82, 2.24) is 4.72 Å². The molecule has 0 amide bonds. The van der Waals surface area contributed by atoms with Crippen LogP contribution in [0.2, 0.25) is 0 Å². The molecule has 1 aliphatic rings. The van der Waals surface area contributed by atoms with Crippen LogP contribution in [0.5, 0.6) is 0 Å². The fourth-order valence-corrected chi connectivity index (χ4v) is 6.96. The Morgan fingerprint density at radius 1 is 1.53 bits per heavy atom. The van der Waals surface area contributed by atoms with Crippen molar-refractivity contribution in [2.75, 3.05) is 5.33 Å². The molecule has 2 rings (SSSR count). The molecule has 0 radical (unpaired) electrons. The molecule has 3 nitrogen and oxygen atoms in total. The van der Waals surface area contributed by atoms with Crippen molar-refractivity contribution >= 4 is 53.2 Å². The molecule has 19 heavy (non-hydrogen) atoms.